The van der Waals surface area contributed by atoms with Crippen LogP contribution >= 0.6 is 0 Å². The van der Waals surface area contributed by atoms with Crippen LogP contribution < -0.4 is 14.2 Å². The number of nitrogens with zero attached hydrogens (tertiary/aromatic N) is 2. The minimum Gasteiger partial charge on any atom is -0.497 e. The van der Waals surface area contributed by atoms with Gasteiger partial charge in [0, 0.05) is 17.7 Å². The van der Waals surface area contributed by atoms with Crippen molar-refractivity contribution in [1.82, 2.24) is 14.9 Å². The van der Waals surface area contributed by atoms with Gasteiger partial charge in [-0.15, -0.1) is 0 Å². The summed E-state index contributed by atoms with van der Waals surface area (Å²) in [5, 5.41) is 3.99. The lowest BCUT2D eigenvalue weighted by atomic mass is 10.2. The molecule has 4 aromatic rings. The van der Waals surface area contributed by atoms with Crippen LogP contribution in [0.2, 0.25) is 0 Å². The van der Waals surface area contributed by atoms with E-state index in [9.17, 15) is 8.42 Å². The van der Waals surface area contributed by atoms with Gasteiger partial charge < -0.3 is 14.0 Å². The maximum Gasteiger partial charge on any atom is 0.259 e. The van der Waals surface area contributed by atoms with E-state index in [-0.39, 0.29) is 17.3 Å². The van der Waals surface area contributed by atoms with Crippen molar-refractivity contribution >= 4 is 10.0 Å². The summed E-state index contributed by atoms with van der Waals surface area (Å²) in [4.78, 5) is 4.42. The Morgan fingerprint density at radius 3 is 2.44 bits per heavy atom. The Morgan fingerprint density at radius 1 is 0.938 bits per heavy atom. The van der Waals surface area contributed by atoms with Crippen LogP contribution in [0.1, 0.15) is 5.56 Å². The Labute approximate surface area is 185 Å². The number of benzene rings is 3. The number of sulfonamides is 1. The molecule has 0 aliphatic carbocycles. The Balaban J connectivity index is 1.63. The van der Waals surface area contributed by atoms with Crippen LogP contribution in [0.4, 0.5) is 0 Å². The predicted octanol–water partition coefficient (Wildman–Crippen LogP) is 3.90. The van der Waals surface area contributed by atoms with E-state index in [4.69, 9.17) is 14.0 Å². The molecule has 0 atom stereocenters. The fourth-order valence-electron chi connectivity index (χ4n) is 3.19. The third-order valence-corrected chi connectivity index (χ3v) is 6.26. The van der Waals surface area contributed by atoms with Crippen LogP contribution in [0.5, 0.6) is 11.5 Å². The molecule has 0 fully saturated rings. The molecule has 4 rings (SSSR count). The molecule has 0 aliphatic heterocycles. The molecule has 0 amide bonds. The molecule has 1 heterocycles. The molecule has 0 unspecified atom stereocenters. The number of aromatic nitrogens is 2. The summed E-state index contributed by atoms with van der Waals surface area (Å²) in [6, 6.07) is 21.0. The average Bonchev–Trinajstić information content (AvgIpc) is 3.33. The summed E-state index contributed by atoms with van der Waals surface area (Å²) >= 11 is 0. The van der Waals surface area contributed by atoms with Crippen molar-refractivity contribution in [2.45, 2.75) is 11.4 Å². The van der Waals surface area contributed by atoms with Crippen molar-refractivity contribution in [2.24, 2.45) is 0 Å². The van der Waals surface area contributed by atoms with E-state index >= 15 is 0 Å². The summed E-state index contributed by atoms with van der Waals surface area (Å²) in [5.74, 6) is 1.64. The molecule has 32 heavy (non-hydrogen) atoms. The summed E-state index contributed by atoms with van der Waals surface area (Å²) in [5.41, 5.74) is 1.72. The Morgan fingerprint density at radius 2 is 1.69 bits per heavy atom. The second-order valence-corrected chi connectivity index (χ2v) is 8.52. The maximum atomic E-state index is 13.2. The Kier molecular flexibility index (Phi) is 6.20. The topological polar surface area (TPSA) is 104 Å². The lowest BCUT2D eigenvalue weighted by Crippen LogP contribution is -2.24. The summed E-state index contributed by atoms with van der Waals surface area (Å²) in [6.07, 6.45) is 0. The largest absolute Gasteiger partial charge is 0.497 e. The van der Waals surface area contributed by atoms with Crippen molar-refractivity contribution in [3.63, 3.8) is 0 Å². The van der Waals surface area contributed by atoms with E-state index in [1.165, 1.54) is 13.2 Å². The van der Waals surface area contributed by atoms with Crippen LogP contribution in [-0.4, -0.2) is 32.8 Å². The van der Waals surface area contributed by atoms with Gasteiger partial charge in [0.2, 0.25) is 15.8 Å². The third kappa shape index (κ3) is 4.48. The summed E-state index contributed by atoms with van der Waals surface area (Å²) in [7, 11) is -0.847. The monoisotopic (exact) mass is 451 g/mol. The van der Waals surface area contributed by atoms with Gasteiger partial charge in [0.15, 0.2) is 0 Å². The van der Waals surface area contributed by atoms with Gasteiger partial charge in [0.25, 0.3) is 5.89 Å². The molecule has 1 aromatic heterocycles. The van der Waals surface area contributed by atoms with Crippen molar-refractivity contribution in [3.8, 4) is 34.3 Å². The minimum absolute atomic E-state index is 0.0101. The van der Waals surface area contributed by atoms with E-state index in [2.05, 4.69) is 14.9 Å². The number of ether oxygens (including phenoxy) is 2. The van der Waals surface area contributed by atoms with E-state index in [0.717, 1.165) is 5.56 Å². The molecule has 3 aromatic carbocycles. The first-order chi connectivity index (χ1) is 15.5. The average molecular weight is 452 g/mol. The number of rotatable bonds is 8. The molecular weight excluding hydrogens is 430 g/mol. The number of hydrogen-bond acceptors (Lipinski definition) is 7. The molecular formula is C23H21N3O5S. The predicted molar refractivity (Wildman–Crippen MR) is 119 cm³/mol. The van der Waals surface area contributed by atoms with Crippen molar-refractivity contribution < 1.29 is 22.4 Å². The molecule has 0 saturated carbocycles. The standard InChI is InChI=1S/C23H21N3O5S/c1-29-18-12-13-20(30-2)17(14-18)15-24-32(27,28)21-11-7-6-10-19(21)23-25-22(26-31-23)16-8-4-3-5-9-16/h3-14,24H,15H2,1-2H3. The van der Waals surface area contributed by atoms with Crippen LogP contribution in [0.15, 0.2) is 82.2 Å². The quantitative estimate of drug-likeness (QED) is 0.433. The number of methoxy groups -OCH3 is 2. The van der Waals surface area contributed by atoms with Crippen molar-refractivity contribution in [2.75, 3.05) is 14.2 Å². The van der Waals surface area contributed by atoms with Gasteiger partial charge in [-0.2, -0.15) is 4.98 Å². The molecule has 9 heteroatoms. The molecule has 0 aliphatic rings. The number of hydrogen-bond donors (Lipinski definition) is 1. The second kappa shape index (κ2) is 9.21. The Bertz CT molecular complexity index is 1320. The smallest absolute Gasteiger partial charge is 0.259 e. The van der Waals surface area contributed by atoms with Gasteiger partial charge in [-0.3, -0.25) is 0 Å². The molecule has 8 nitrogen and oxygen atoms in total. The van der Waals surface area contributed by atoms with Crippen LogP contribution in [0.25, 0.3) is 22.8 Å². The lowest BCUT2D eigenvalue weighted by molar-refractivity contribution is 0.398. The Hall–Kier alpha value is -3.69. The van der Waals surface area contributed by atoms with E-state index in [0.29, 0.717) is 28.5 Å². The van der Waals surface area contributed by atoms with E-state index < -0.39 is 10.0 Å². The fraction of sp³-hybridized carbons (Fsp3) is 0.130. The first-order valence-electron chi connectivity index (χ1n) is 9.71. The molecule has 0 spiro atoms. The highest BCUT2D eigenvalue weighted by Crippen LogP contribution is 2.29. The molecule has 0 bridgehead atoms. The zero-order chi connectivity index (χ0) is 22.6. The first-order valence-corrected chi connectivity index (χ1v) is 11.2. The summed E-state index contributed by atoms with van der Waals surface area (Å²) < 4.78 is 44.9. The van der Waals surface area contributed by atoms with E-state index in [1.54, 1.807) is 43.5 Å². The van der Waals surface area contributed by atoms with Gasteiger partial charge in [-0.05, 0) is 30.3 Å². The van der Waals surface area contributed by atoms with Crippen LogP contribution in [0, 0.1) is 0 Å². The highest BCUT2D eigenvalue weighted by molar-refractivity contribution is 7.89. The van der Waals surface area contributed by atoms with Gasteiger partial charge in [-0.1, -0.05) is 47.6 Å². The van der Waals surface area contributed by atoms with Gasteiger partial charge in [-0.25, -0.2) is 13.1 Å². The van der Waals surface area contributed by atoms with Gasteiger partial charge in [0.1, 0.15) is 11.5 Å². The molecule has 164 valence electrons. The highest BCUT2D eigenvalue weighted by Gasteiger charge is 2.23. The normalized spacial score (nSPS) is 11.3. The van der Waals surface area contributed by atoms with E-state index in [1.807, 2.05) is 30.3 Å². The lowest BCUT2D eigenvalue weighted by Gasteiger charge is -2.13. The van der Waals surface area contributed by atoms with Crippen molar-refractivity contribution in [1.29, 1.82) is 0 Å². The first kappa shape index (κ1) is 21.5. The maximum absolute atomic E-state index is 13.2. The summed E-state index contributed by atoms with van der Waals surface area (Å²) in [6.45, 7) is 0.0101. The van der Waals surface area contributed by atoms with Crippen LogP contribution in [-0.2, 0) is 16.6 Å². The molecule has 1 N–H and O–H groups in total. The minimum atomic E-state index is -3.91. The number of nitrogens with one attached hydrogen (secondary N) is 1. The van der Waals surface area contributed by atoms with Crippen molar-refractivity contribution in [3.05, 3.63) is 78.4 Å². The van der Waals surface area contributed by atoms with Gasteiger partial charge >= 0.3 is 0 Å². The van der Waals surface area contributed by atoms with Crippen LogP contribution in [0.3, 0.4) is 0 Å². The molecule has 0 radical (unpaired) electrons. The van der Waals surface area contributed by atoms with Gasteiger partial charge in [0.05, 0.1) is 24.7 Å². The highest BCUT2D eigenvalue weighted by atomic mass is 32.2. The molecule has 0 saturated heterocycles. The fourth-order valence-corrected chi connectivity index (χ4v) is 4.39. The zero-order valence-corrected chi connectivity index (χ0v) is 18.3. The SMILES string of the molecule is COc1ccc(OC)c(CNS(=O)(=O)c2ccccc2-c2nc(-c3ccccc3)no2)c1. The zero-order valence-electron chi connectivity index (χ0n) is 17.5. The second-order valence-electron chi connectivity index (χ2n) is 6.79. The third-order valence-electron chi connectivity index (χ3n) is 4.81.